The lowest BCUT2D eigenvalue weighted by Gasteiger charge is -2.60. The van der Waals surface area contributed by atoms with Crippen LogP contribution in [0.5, 0.6) is 0 Å². The maximum Gasteiger partial charge on any atom is 0.326 e. The SMILES string of the molecule is CC(C)[C@H](NC(=O)[C@H](CC(=O)O)NC(=O)CNC(=O)[C@H](CCCN=C(N)N)NC(=O)CCC(=O)OCC(=O)[C@@]1(O)CCC2C3CCC4=CC(=O)CC[C@]4(C)C3[C@@H](O)C[C@@]21C)C(=O)O. The summed E-state index contributed by atoms with van der Waals surface area (Å²) in [5.41, 5.74) is 8.57. The lowest BCUT2D eigenvalue weighted by Crippen LogP contribution is -2.62. The highest BCUT2D eigenvalue weighted by molar-refractivity contribution is 5.96. The van der Waals surface area contributed by atoms with E-state index in [1.807, 2.05) is 6.92 Å². The van der Waals surface area contributed by atoms with Crippen LogP contribution in [0, 0.1) is 34.5 Å². The molecule has 0 saturated heterocycles. The zero-order chi connectivity index (χ0) is 47.0. The fourth-order valence-corrected chi connectivity index (χ4v) is 10.4. The van der Waals surface area contributed by atoms with Crippen LogP contribution >= 0.6 is 0 Å². The second-order valence-corrected chi connectivity index (χ2v) is 18.1. The van der Waals surface area contributed by atoms with Gasteiger partial charge in [0.1, 0.15) is 23.7 Å². The monoisotopic (exact) mass is 889 g/mol. The van der Waals surface area contributed by atoms with Gasteiger partial charge in [0.25, 0.3) is 0 Å². The number of aliphatic carboxylic acids is 2. The second-order valence-electron chi connectivity index (χ2n) is 18.1. The normalized spacial score (nSPS) is 28.6. The van der Waals surface area contributed by atoms with Crippen molar-refractivity contribution in [3.63, 3.8) is 0 Å². The fraction of sp³-hybridized carbons (Fsp3) is 0.714. The first-order valence-corrected chi connectivity index (χ1v) is 21.4. The Bertz CT molecular complexity index is 1880. The molecule has 3 unspecified atom stereocenters. The zero-order valence-electron chi connectivity index (χ0n) is 36.3. The van der Waals surface area contributed by atoms with Gasteiger partial charge in [0.2, 0.25) is 29.4 Å². The summed E-state index contributed by atoms with van der Waals surface area (Å²) in [5, 5.41) is 51.4. The van der Waals surface area contributed by atoms with E-state index in [0.29, 0.717) is 25.7 Å². The molecule has 10 atom stereocenters. The topological polar surface area (TPSA) is 356 Å². The van der Waals surface area contributed by atoms with Gasteiger partial charge in [-0.2, -0.15) is 0 Å². The van der Waals surface area contributed by atoms with Crippen LogP contribution < -0.4 is 32.7 Å². The third kappa shape index (κ3) is 11.8. The van der Waals surface area contributed by atoms with Gasteiger partial charge in [-0.3, -0.25) is 43.3 Å². The number of nitrogens with zero attached hydrogens (tertiary/aromatic N) is 1. The summed E-state index contributed by atoms with van der Waals surface area (Å²) in [4.78, 5) is 117. The van der Waals surface area contributed by atoms with E-state index in [2.05, 4.69) is 33.2 Å². The molecule has 63 heavy (non-hydrogen) atoms. The average Bonchev–Trinajstić information content (AvgIpc) is 3.47. The summed E-state index contributed by atoms with van der Waals surface area (Å²) in [7, 11) is 0. The van der Waals surface area contributed by atoms with Crippen LogP contribution in [0.1, 0.15) is 105 Å². The Morgan fingerprint density at radius 2 is 1.60 bits per heavy atom. The van der Waals surface area contributed by atoms with Crippen LogP contribution in [0.2, 0.25) is 0 Å². The molecule has 0 aromatic heterocycles. The van der Waals surface area contributed by atoms with Gasteiger partial charge in [0.05, 0.1) is 25.5 Å². The summed E-state index contributed by atoms with van der Waals surface area (Å²) >= 11 is 0. The van der Waals surface area contributed by atoms with E-state index in [4.69, 9.17) is 16.2 Å². The number of aliphatic hydroxyl groups is 2. The van der Waals surface area contributed by atoms with Gasteiger partial charge in [-0.15, -0.1) is 0 Å². The van der Waals surface area contributed by atoms with E-state index in [9.17, 15) is 63.6 Å². The number of Topliss-reactive ketones (excluding diaryl/α,β-unsaturated/α-hetero) is 1. The fourth-order valence-electron chi connectivity index (χ4n) is 10.4. The Morgan fingerprint density at radius 1 is 0.921 bits per heavy atom. The molecule has 21 nitrogen and oxygen atoms in total. The van der Waals surface area contributed by atoms with Crippen molar-refractivity contribution >= 4 is 59.1 Å². The Morgan fingerprint density at radius 3 is 2.24 bits per heavy atom. The van der Waals surface area contributed by atoms with Crippen molar-refractivity contribution in [3.8, 4) is 0 Å². The van der Waals surface area contributed by atoms with Gasteiger partial charge in [-0.05, 0) is 86.5 Å². The number of nitrogens with one attached hydrogen (secondary N) is 4. The summed E-state index contributed by atoms with van der Waals surface area (Å²) < 4.78 is 5.24. The number of nitrogens with two attached hydrogens (primary N) is 2. The highest BCUT2D eigenvalue weighted by atomic mass is 16.5. The number of allylic oxidation sites excluding steroid dienone is 1. The first kappa shape index (κ1) is 50.2. The third-order valence-electron chi connectivity index (χ3n) is 13.7. The number of hydrogen-bond donors (Lipinski definition) is 10. The lowest BCUT2D eigenvalue weighted by molar-refractivity contribution is -0.184. The largest absolute Gasteiger partial charge is 0.481 e. The zero-order valence-corrected chi connectivity index (χ0v) is 36.3. The summed E-state index contributed by atoms with van der Waals surface area (Å²) in [6.45, 7) is 5.47. The average molecular weight is 890 g/mol. The number of carbonyl (C=O) groups excluding carboxylic acids is 7. The number of amides is 4. The minimum absolute atomic E-state index is 0.0192. The highest BCUT2D eigenvalue weighted by Crippen LogP contribution is 2.67. The van der Waals surface area contributed by atoms with Crippen LogP contribution in [-0.2, 0) is 47.9 Å². The molecule has 0 aromatic rings. The molecule has 0 spiro atoms. The number of aliphatic hydroxyl groups excluding tert-OH is 1. The number of ether oxygens (including phenoxy) is 1. The number of aliphatic imine (C=N–C) groups is 1. The standard InChI is InChI=1S/C42H63N7O14/c1-21(2)35(38(60)61)49-37(59)27(17-32(55)56)48-31(54)19-46-36(58)26(6-5-15-45-39(43)44)47-30(53)9-10-33(57)63-20-29(52)42(62)14-12-25-24-8-7-22-16-23(50)11-13-40(22,3)34(24)28(51)18-41(25,42)4/h16,21,24-28,34-35,51,62H,5-15,17-20H2,1-4H3,(H,46,58)(H,47,53)(H,48,54)(H,49,59)(H,55,56)(H,60,61)(H4,43,44,45)/t24?,25?,26-,27-,28-,34?,35-,40-,41-,42-/m0/s1. The molecule has 3 saturated carbocycles. The lowest BCUT2D eigenvalue weighted by atomic mass is 9.45. The van der Waals surface area contributed by atoms with Crippen LogP contribution in [-0.4, -0.2) is 129 Å². The molecule has 4 aliphatic rings. The van der Waals surface area contributed by atoms with E-state index in [1.165, 1.54) is 13.8 Å². The molecule has 3 fully saturated rings. The maximum absolute atomic E-state index is 13.7. The number of guanidine groups is 1. The molecule has 0 aromatic carbocycles. The molecule has 12 N–H and O–H groups in total. The number of carboxylic acids is 2. The predicted octanol–water partition coefficient (Wildman–Crippen LogP) is -1.05. The Labute approximate surface area is 365 Å². The van der Waals surface area contributed by atoms with Gasteiger partial charge in [0.15, 0.2) is 18.3 Å². The number of ketones is 2. The van der Waals surface area contributed by atoms with E-state index >= 15 is 0 Å². The van der Waals surface area contributed by atoms with E-state index in [-0.39, 0.29) is 67.1 Å². The molecular weight excluding hydrogens is 826 g/mol. The molecule has 4 rings (SSSR count). The first-order chi connectivity index (χ1) is 29.4. The number of carboxylic acid groups (broad SMARTS) is 2. The van der Waals surface area contributed by atoms with E-state index < -0.39 is 121 Å². The summed E-state index contributed by atoms with van der Waals surface area (Å²) in [5.74, 6) is -9.10. The molecule has 350 valence electrons. The van der Waals surface area contributed by atoms with Crippen molar-refractivity contribution in [2.45, 2.75) is 135 Å². The molecule has 4 amide bonds. The Kier molecular flexibility index (Phi) is 16.6. The molecule has 0 radical (unpaired) electrons. The van der Waals surface area contributed by atoms with Gasteiger partial charge < -0.3 is 57.9 Å². The van der Waals surface area contributed by atoms with Crippen molar-refractivity contribution in [2.75, 3.05) is 19.7 Å². The minimum Gasteiger partial charge on any atom is -0.481 e. The van der Waals surface area contributed by atoms with Crippen molar-refractivity contribution in [2.24, 2.45) is 51.0 Å². The summed E-state index contributed by atoms with van der Waals surface area (Å²) in [6, 6.07) is -4.35. The highest BCUT2D eigenvalue weighted by Gasteiger charge is 2.68. The van der Waals surface area contributed by atoms with Crippen LogP contribution in [0.3, 0.4) is 0 Å². The van der Waals surface area contributed by atoms with Gasteiger partial charge in [-0.1, -0.05) is 33.3 Å². The van der Waals surface area contributed by atoms with Crippen molar-refractivity contribution in [3.05, 3.63) is 11.6 Å². The summed E-state index contributed by atoms with van der Waals surface area (Å²) in [6.07, 6.45) is 2.44. The molecular formula is C42H63N7O14. The molecule has 21 heteroatoms. The number of carbonyl (C=O) groups is 9. The first-order valence-electron chi connectivity index (χ1n) is 21.4. The van der Waals surface area contributed by atoms with Crippen molar-refractivity contribution < 1.29 is 68.3 Å². The van der Waals surface area contributed by atoms with E-state index in [1.54, 1.807) is 6.08 Å². The second kappa shape index (κ2) is 20.8. The molecule has 0 aliphatic heterocycles. The number of hydrogen-bond acceptors (Lipinski definition) is 13. The molecule has 0 heterocycles. The quantitative estimate of drug-likeness (QED) is 0.0285. The van der Waals surface area contributed by atoms with E-state index in [0.717, 1.165) is 12.0 Å². The van der Waals surface area contributed by atoms with Gasteiger partial charge in [0, 0.05) is 24.8 Å². The van der Waals surface area contributed by atoms with Crippen LogP contribution in [0.15, 0.2) is 16.6 Å². The number of fused-ring (bicyclic) bond motifs is 5. The number of esters is 1. The molecule has 4 aliphatic carbocycles. The van der Waals surface area contributed by atoms with Crippen molar-refractivity contribution in [1.29, 1.82) is 0 Å². The minimum atomic E-state index is -1.88. The van der Waals surface area contributed by atoms with Crippen LogP contribution in [0.4, 0.5) is 0 Å². The smallest absolute Gasteiger partial charge is 0.326 e. The van der Waals surface area contributed by atoms with Crippen molar-refractivity contribution in [1.82, 2.24) is 21.3 Å². The third-order valence-corrected chi connectivity index (χ3v) is 13.7. The van der Waals surface area contributed by atoms with Crippen LogP contribution in [0.25, 0.3) is 0 Å². The Balaban J connectivity index is 1.31. The Hall–Kier alpha value is -5.44. The predicted molar refractivity (Wildman–Crippen MR) is 222 cm³/mol. The molecule has 0 bridgehead atoms. The van der Waals surface area contributed by atoms with Gasteiger partial charge >= 0.3 is 17.9 Å². The number of rotatable bonds is 21. The van der Waals surface area contributed by atoms with Gasteiger partial charge in [-0.25, -0.2) is 4.79 Å². The maximum atomic E-state index is 13.7.